The van der Waals surface area contributed by atoms with Crippen LogP contribution in [-0.2, 0) is 11.2 Å². The van der Waals surface area contributed by atoms with Crippen LogP contribution in [0.25, 0.3) is 0 Å². The van der Waals surface area contributed by atoms with Gasteiger partial charge in [0.2, 0.25) is 5.91 Å². The molecular formula is C22H26N4O3. The molecule has 2 amide bonds. The van der Waals surface area contributed by atoms with Gasteiger partial charge >= 0.3 is 6.09 Å². The van der Waals surface area contributed by atoms with Crippen LogP contribution < -0.4 is 11.1 Å². The lowest BCUT2D eigenvalue weighted by atomic mass is 9.72. The average Bonchev–Trinajstić information content (AvgIpc) is 2.62. The molecule has 4 N–H and O–H groups in total. The van der Waals surface area contributed by atoms with Crippen molar-refractivity contribution < 1.29 is 14.7 Å². The summed E-state index contributed by atoms with van der Waals surface area (Å²) in [5.41, 5.74) is 9.61. The van der Waals surface area contributed by atoms with E-state index in [9.17, 15) is 9.59 Å². The number of amides is 2. The first kappa shape index (κ1) is 19.1. The van der Waals surface area contributed by atoms with Gasteiger partial charge in [-0.05, 0) is 24.6 Å². The molecule has 0 aromatic heterocycles. The summed E-state index contributed by atoms with van der Waals surface area (Å²) in [6, 6.07) is 15.2. The zero-order valence-electron chi connectivity index (χ0n) is 16.5. The minimum atomic E-state index is -0.890. The Morgan fingerprint density at radius 2 is 1.69 bits per heavy atom. The number of carboxylic acid groups (broad SMARTS) is 1. The van der Waals surface area contributed by atoms with E-state index in [-0.39, 0.29) is 11.3 Å². The van der Waals surface area contributed by atoms with E-state index in [1.54, 1.807) is 0 Å². The number of likely N-dealkylation sites (tertiary alicyclic amines) is 2. The predicted octanol–water partition coefficient (Wildman–Crippen LogP) is 2.42. The second-order valence-electron chi connectivity index (χ2n) is 8.31. The average molecular weight is 394 g/mol. The van der Waals surface area contributed by atoms with Crippen LogP contribution in [0.2, 0.25) is 0 Å². The number of nitrogens with two attached hydrogens (primary N) is 1. The van der Waals surface area contributed by atoms with E-state index in [1.165, 1.54) is 10.5 Å². The normalized spacial score (nSPS) is 18.0. The maximum Gasteiger partial charge on any atom is 0.407 e. The van der Waals surface area contributed by atoms with Gasteiger partial charge in [-0.25, -0.2) is 4.79 Å². The lowest BCUT2D eigenvalue weighted by molar-refractivity contribution is -0.156. The number of benzene rings is 2. The number of para-hydroxylation sites is 2. The Kier molecular flexibility index (Phi) is 4.82. The SMILES string of the molecule is Cc1ccc(C[C@H](Nc2ccccc2N)C(=O)N2CC3(CN(C(=O)O)C3)C2)cc1. The van der Waals surface area contributed by atoms with Crippen molar-refractivity contribution in [1.29, 1.82) is 0 Å². The lowest BCUT2D eigenvalue weighted by Crippen LogP contribution is -2.74. The number of anilines is 2. The molecular weight excluding hydrogens is 368 g/mol. The highest BCUT2D eigenvalue weighted by atomic mass is 16.4. The maximum absolute atomic E-state index is 13.2. The first-order valence-corrected chi connectivity index (χ1v) is 9.78. The number of carbonyl (C=O) groups excluding carboxylic acids is 1. The van der Waals surface area contributed by atoms with Gasteiger partial charge in [0, 0.05) is 38.0 Å². The molecule has 0 saturated carbocycles. The van der Waals surface area contributed by atoms with Crippen LogP contribution in [0, 0.1) is 12.3 Å². The summed E-state index contributed by atoms with van der Waals surface area (Å²) in [6.45, 7) is 4.26. The number of nitrogens with zero attached hydrogens (tertiary/aromatic N) is 2. The van der Waals surface area contributed by atoms with Crippen LogP contribution in [0.1, 0.15) is 11.1 Å². The highest BCUT2D eigenvalue weighted by Crippen LogP contribution is 2.40. The van der Waals surface area contributed by atoms with Crippen molar-refractivity contribution in [2.75, 3.05) is 37.2 Å². The maximum atomic E-state index is 13.2. The predicted molar refractivity (Wildman–Crippen MR) is 112 cm³/mol. The minimum Gasteiger partial charge on any atom is -0.465 e. The van der Waals surface area contributed by atoms with Crippen molar-refractivity contribution in [2.24, 2.45) is 5.41 Å². The monoisotopic (exact) mass is 394 g/mol. The largest absolute Gasteiger partial charge is 0.465 e. The summed E-state index contributed by atoms with van der Waals surface area (Å²) in [4.78, 5) is 27.5. The quantitative estimate of drug-likeness (QED) is 0.677. The summed E-state index contributed by atoms with van der Waals surface area (Å²) < 4.78 is 0. The van der Waals surface area contributed by atoms with Gasteiger partial charge in [0.15, 0.2) is 0 Å². The summed E-state index contributed by atoms with van der Waals surface area (Å²) in [7, 11) is 0. The zero-order chi connectivity index (χ0) is 20.6. The highest BCUT2D eigenvalue weighted by molar-refractivity contribution is 5.87. The van der Waals surface area contributed by atoms with Gasteiger partial charge in [-0.3, -0.25) is 4.79 Å². The molecule has 2 aromatic rings. The molecule has 2 aliphatic heterocycles. The smallest absolute Gasteiger partial charge is 0.407 e. The van der Waals surface area contributed by atoms with E-state index in [0.717, 1.165) is 11.3 Å². The first-order chi connectivity index (χ1) is 13.8. The second-order valence-corrected chi connectivity index (χ2v) is 8.31. The summed E-state index contributed by atoms with van der Waals surface area (Å²) >= 11 is 0. The van der Waals surface area contributed by atoms with E-state index < -0.39 is 12.1 Å². The summed E-state index contributed by atoms with van der Waals surface area (Å²) in [5, 5.41) is 12.4. The van der Waals surface area contributed by atoms with E-state index >= 15 is 0 Å². The van der Waals surface area contributed by atoms with Crippen molar-refractivity contribution in [3.8, 4) is 0 Å². The van der Waals surface area contributed by atoms with Crippen LogP contribution in [-0.4, -0.2) is 59.1 Å². The Morgan fingerprint density at radius 1 is 1.07 bits per heavy atom. The highest BCUT2D eigenvalue weighted by Gasteiger charge is 2.55. The third-order valence-corrected chi connectivity index (χ3v) is 5.84. The molecule has 2 heterocycles. The standard InChI is InChI=1S/C22H26N4O3/c1-15-6-8-16(9-7-15)10-19(24-18-5-3-2-4-17(18)23)20(27)25-11-22(12-25)13-26(14-22)21(28)29/h2-9,19,24H,10-14,23H2,1H3,(H,28,29)/t19-/m0/s1. The topological polar surface area (TPSA) is 98.9 Å². The molecule has 1 spiro atoms. The fourth-order valence-corrected chi connectivity index (χ4v) is 4.21. The molecule has 29 heavy (non-hydrogen) atoms. The molecule has 2 aromatic carbocycles. The van der Waals surface area contributed by atoms with Gasteiger partial charge in [0.05, 0.1) is 11.4 Å². The molecule has 2 aliphatic rings. The summed E-state index contributed by atoms with van der Waals surface area (Å²) in [5.74, 6) is 0.0215. The molecule has 0 unspecified atom stereocenters. The van der Waals surface area contributed by atoms with Crippen molar-refractivity contribution >= 4 is 23.4 Å². The number of rotatable bonds is 5. The van der Waals surface area contributed by atoms with Gasteiger partial charge in [0.25, 0.3) is 0 Å². The van der Waals surface area contributed by atoms with E-state index in [1.807, 2.05) is 60.4 Å². The molecule has 1 atom stereocenters. The zero-order valence-corrected chi connectivity index (χ0v) is 16.5. The number of hydrogen-bond donors (Lipinski definition) is 3. The van der Waals surface area contributed by atoms with Gasteiger partial charge in [-0.2, -0.15) is 0 Å². The molecule has 0 bridgehead atoms. The van der Waals surface area contributed by atoms with Crippen molar-refractivity contribution in [3.05, 3.63) is 59.7 Å². The van der Waals surface area contributed by atoms with E-state index in [0.29, 0.717) is 38.3 Å². The Hall–Kier alpha value is -3.22. The Balaban J connectivity index is 1.46. The molecule has 7 heteroatoms. The third-order valence-electron chi connectivity index (χ3n) is 5.84. The van der Waals surface area contributed by atoms with Crippen LogP contribution in [0.3, 0.4) is 0 Å². The molecule has 2 saturated heterocycles. The fourth-order valence-electron chi connectivity index (χ4n) is 4.21. The minimum absolute atomic E-state index is 0.0215. The molecule has 0 radical (unpaired) electrons. The Bertz CT molecular complexity index is 914. The lowest BCUT2D eigenvalue weighted by Gasteiger charge is -2.59. The first-order valence-electron chi connectivity index (χ1n) is 9.78. The van der Waals surface area contributed by atoms with Gasteiger partial charge in [0.1, 0.15) is 6.04 Å². The van der Waals surface area contributed by atoms with Crippen LogP contribution in [0.5, 0.6) is 0 Å². The van der Waals surface area contributed by atoms with Crippen molar-refractivity contribution in [1.82, 2.24) is 9.80 Å². The molecule has 7 nitrogen and oxygen atoms in total. The molecule has 0 aliphatic carbocycles. The van der Waals surface area contributed by atoms with Crippen molar-refractivity contribution in [2.45, 2.75) is 19.4 Å². The molecule has 4 rings (SSSR count). The third kappa shape index (κ3) is 3.85. The van der Waals surface area contributed by atoms with E-state index in [2.05, 4.69) is 5.32 Å². The Labute approximate surface area is 170 Å². The van der Waals surface area contributed by atoms with Gasteiger partial charge < -0.3 is 26.0 Å². The second kappa shape index (κ2) is 7.31. The molecule has 152 valence electrons. The van der Waals surface area contributed by atoms with Crippen molar-refractivity contribution in [3.63, 3.8) is 0 Å². The van der Waals surface area contributed by atoms with Gasteiger partial charge in [-0.1, -0.05) is 42.0 Å². The number of hydrogen-bond acceptors (Lipinski definition) is 4. The fraction of sp³-hybridized carbons (Fsp3) is 0.364. The summed E-state index contributed by atoms with van der Waals surface area (Å²) in [6.07, 6.45) is -0.336. The van der Waals surface area contributed by atoms with Crippen LogP contribution in [0.15, 0.2) is 48.5 Å². The van der Waals surface area contributed by atoms with E-state index in [4.69, 9.17) is 10.8 Å². The van der Waals surface area contributed by atoms with Crippen LogP contribution in [0.4, 0.5) is 16.2 Å². The number of aryl methyl sites for hydroxylation is 1. The number of nitrogens with one attached hydrogen (secondary N) is 1. The Morgan fingerprint density at radius 3 is 2.31 bits per heavy atom. The number of carbonyl (C=O) groups is 2. The van der Waals surface area contributed by atoms with Gasteiger partial charge in [-0.15, -0.1) is 0 Å². The van der Waals surface area contributed by atoms with Crippen LogP contribution >= 0.6 is 0 Å². The number of nitrogen functional groups attached to an aromatic ring is 1. The molecule has 2 fully saturated rings.